The van der Waals surface area contributed by atoms with Gasteiger partial charge in [-0.1, -0.05) is 0 Å². The molecule has 0 bridgehead atoms. The van der Waals surface area contributed by atoms with Gasteiger partial charge in [0.2, 0.25) is 5.75 Å². The number of ketones is 1. The largest absolute Gasteiger partial charge is 0.478 e. The van der Waals surface area contributed by atoms with E-state index in [9.17, 15) is 19.7 Å². The summed E-state index contributed by atoms with van der Waals surface area (Å²) < 4.78 is 9.57. The maximum atomic E-state index is 11.4. The number of Topliss-reactive ketones (excluding diaryl/α,β-unsaturated/α-hetero) is 1. The summed E-state index contributed by atoms with van der Waals surface area (Å²) in [5.74, 6) is -1.79. The number of hydrogen-bond donors (Lipinski definition) is 0. The lowest BCUT2D eigenvalue weighted by molar-refractivity contribution is -0.390. The van der Waals surface area contributed by atoms with Crippen LogP contribution < -0.4 is 4.74 Å². The molecule has 0 fully saturated rings. The molecule has 0 radical (unpaired) electrons. The first-order valence-corrected chi connectivity index (χ1v) is 5.44. The highest BCUT2D eigenvalue weighted by Gasteiger charge is 2.17. The van der Waals surface area contributed by atoms with Crippen LogP contribution in [0, 0.1) is 10.1 Å². The predicted molar refractivity (Wildman–Crippen MR) is 62.6 cm³/mol. The van der Waals surface area contributed by atoms with Crippen LogP contribution in [0.2, 0.25) is 0 Å². The molecule has 0 aliphatic carbocycles. The van der Waals surface area contributed by atoms with Crippen LogP contribution in [-0.4, -0.2) is 34.9 Å². The van der Waals surface area contributed by atoms with E-state index in [-0.39, 0.29) is 12.4 Å². The summed E-state index contributed by atoms with van der Waals surface area (Å²) in [6, 6.07) is 2.76. The van der Waals surface area contributed by atoms with Crippen molar-refractivity contribution in [2.75, 3.05) is 13.2 Å². The van der Waals surface area contributed by atoms with Gasteiger partial charge >= 0.3 is 11.8 Å². The molecule has 0 saturated heterocycles. The van der Waals surface area contributed by atoms with Crippen LogP contribution in [0.4, 0.5) is 5.82 Å². The Kier molecular flexibility index (Phi) is 5.39. The Morgan fingerprint density at radius 1 is 1.47 bits per heavy atom. The molecule has 0 unspecified atom stereocenters. The van der Waals surface area contributed by atoms with Crippen molar-refractivity contribution >= 4 is 17.6 Å². The van der Waals surface area contributed by atoms with E-state index in [1.165, 1.54) is 18.3 Å². The van der Waals surface area contributed by atoms with Crippen molar-refractivity contribution in [2.24, 2.45) is 0 Å². The smallest absolute Gasteiger partial charge is 0.406 e. The van der Waals surface area contributed by atoms with Crippen LogP contribution in [0.3, 0.4) is 0 Å². The number of carbonyl (C=O) groups excluding carboxylic acids is 2. The third kappa shape index (κ3) is 4.70. The fourth-order valence-corrected chi connectivity index (χ4v) is 1.21. The van der Waals surface area contributed by atoms with E-state index in [0.29, 0.717) is 0 Å². The lowest BCUT2D eigenvalue weighted by Crippen LogP contribution is -2.17. The van der Waals surface area contributed by atoms with E-state index in [0.717, 1.165) is 0 Å². The summed E-state index contributed by atoms with van der Waals surface area (Å²) in [5.41, 5.74) is 0. The van der Waals surface area contributed by atoms with Crippen molar-refractivity contribution < 1.29 is 24.0 Å². The molecule has 0 atom stereocenters. The van der Waals surface area contributed by atoms with Crippen LogP contribution in [0.1, 0.15) is 13.3 Å². The van der Waals surface area contributed by atoms with Crippen molar-refractivity contribution in [3.05, 3.63) is 28.4 Å². The fourth-order valence-electron chi connectivity index (χ4n) is 1.21. The first kappa shape index (κ1) is 14.6. The average molecular weight is 268 g/mol. The van der Waals surface area contributed by atoms with Gasteiger partial charge in [0.05, 0.1) is 6.61 Å². The molecular formula is C11H12N2O6. The van der Waals surface area contributed by atoms with Gasteiger partial charge in [-0.15, -0.1) is 0 Å². The molecule has 1 aromatic heterocycles. The van der Waals surface area contributed by atoms with Gasteiger partial charge in [-0.05, 0) is 29.0 Å². The maximum Gasteiger partial charge on any atom is 0.406 e. The molecule has 0 spiro atoms. The second-order valence-electron chi connectivity index (χ2n) is 3.39. The zero-order valence-electron chi connectivity index (χ0n) is 10.2. The Labute approximate surface area is 108 Å². The van der Waals surface area contributed by atoms with E-state index in [4.69, 9.17) is 4.74 Å². The first-order valence-electron chi connectivity index (χ1n) is 5.44. The summed E-state index contributed by atoms with van der Waals surface area (Å²) in [4.78, 5) is 35.8. The molecular weight excluding hydrogens is 256 g/mol. The molecule has 1 heterocycles. The van der Waals surface area contributed by atoms with Crippen LogP contribution in [0.5, 0.6) is 5.75 Å². The number of esters is 1. The lowest BCUT2D eigenvalue weighted by Gasteiger charge is -2.05. The van der Waals surface area contributed by atoms with Crippen molar-refractivity contribution in [2.45, 2.75) is 13.3 Å². The number of pyridine rings is 1. The molecule has 0 N–H and O–H groups in total. The van der Waals surface area contributed by atoms with Crippen LogP contribution in [0.15, 0.2) is 18.3 Å². The first-order chi connectivity index (χ1) is 9.04. The third-order valence-electron chi connectivity index (χ3n) is 1.96. The van der Waals surface area contributed by atoms with Gasteiger partial charge in [-0.2, -0.15) is 0 Å². The van der Waals surface area contributed by atoms with E-state index in [2.05, 4.69) is 9.72 Å². The summed E-state index contributed by atoms with van der Waals surface area (Å²) in [6.07, 6.45) is 0.813. The fraction of sp³-hybridized carbons (Fsp3) is 0.364. The lowest BCUT2D eigenvalue weighted by atomic mass is 10.3. The topological polar surface area (TPSA) is 109 Å². The Bertz CT molecular complexity index is 488. The summed E-state index contributed by atoms with van der Waals surface area (Å²) in [5, 5.41) is 10.6. The zero-order chi connectivity index (χ0) is 14.3. The monoisotopic (exact) mass is 268 g/mol. The minimum absolute atomic E-state index is 0.121. The van der Waals surface area contributed by atoms with Crippen molar-refractivity contribution in [3.8, 4) is 5.75 Å². The molecule has 0 aliphatic heterocycles. The number of aromatic nitrogens is 1. The molecule has 0 amide bonds. The van der Waals surface area contributed by atoms with Crippen LogP contribution in [-0.2, 0) is 14.3 Å². The normalized spacial score (nSPS) is 9.74. The van der Waals surface area contributed by atoms with Crippen molar-refractivity contribution in [1.29, 1.82) is 0 Å². The summed E-state index contributed by atoms with van der Waals surface area (Å²) >= 11 is 0. The minimum atomic E-state index is -0.717. The van der Waals surface area contributed by atoms with Gasteiger partial charge in [-0.3, -0.25) is 9.59 Å². The molecule has 1 rings (SSSR count). The SMILES string of the molecule is CCOC(=O)CC(=O)COc1cccnc1[N+](=O)[O-]. The van der Waals surface area contributed by atoms with Gasteiger partial charge in [0.15, 0.2) is 5.78 Å². The number of nitrogens with zero attached hydrogens (tertiary/aromatic N) is 2. The number of ether oxygens (including phenoxy) is 2. The summed E-state index contributed by atoms with van der Waals surface area (Å²) in [7, 11) is 0. The number of rotatable bonds is 7. The maximum absolute atomic E-state index is 11.4. The molecule has 8 heteroatoms. The molecule has 19 heavy (non-hydrogen) atoms. The van der Waals surface area contributed by atoms with Crippen LogP contribution in [0.25, 0.3) is 0 Å². The average Bonchev–Trinajstić information content (AvgIpc) is 2.36. The number of hydrogen-bond acceptors (Lipinski definition) is 7. The van der Waals surface area contributed by atoms with Gasteiger partial charge in [0.1, 0.15) is 19.2 Å². The van der Waals surface area contributed by atoms with E-state index >= 15 is 0 Å². The molecule has 1 aromatic rings. The molecule has 0 aromatic carbocycles. The molecule has 0 saturated carbocycles. The second-order valence-corrected chi connectivity index (χ2v) is 3.39. The molecule has 0 aliphatic rings. The van der Waals surface area contributed by atoms with E-state index < -0.39 is 35.5 Å². The number of carbonyl (C=O) groups is 2. The standard InChI is InChI=1S/C11H12N2O6/c1-2-18-10(15)6-8(14)7-19-9-4-3-5-12-11(9)13(16)17/h3-5H,2,6-7H2,1H3. The Morgan fingerprint density at radius 2 is 2.21 bits per heavy atom. The van der Waals surface area contributed by atoms with Crippen molar-refractivity contribution in [3.63, 3.8) is 0 Å². The Hall–Kier alpha value is -2.51. The van der Waals surface area contributed by atoms with Gasteiger partial charge in [-0.25, -0.2) is 0 Å². The molecule has 8 nitrogen and oxygen atoms in total. The Balaban J connectivity index is 2.55. The summed E-state index contributed by atoms with van der Waals surface area (Å²) in [6.45, 7) is 1.35. The Morgan fingerprint density at radius 3 is 2.84 bits per heavy atom. The van der Waals surface area contributed by atoms with E-state index in [1.54, 1.807) is 6.92 Å². The second kappa shape index (κ2) is 7.04. The van der Waals surface area contributed by atoms with Gasteiger partial charge < -0.3 is 19.6 Å². The van der Waals surface area contributed by atoms with Gasteiger partial charge in [0, 0.05) is 0 Å². The molecule has 102 valence electrons. The minimum Gasteiger partial charge on any atom is -0.478 e. The highest BCUT2D eigenvalue weighted by Crippen LogP contribution is 2.22. The van der Waals surface area contributed by atoms with Crippen LogP contribution >= 0.6 is 0 Å². The highest BCUT2D eigenvalue weighted by atomic mass is 16.6. The van der Waals surface area contributed by atoms with Gasteiger partial charge in [0.25, 0.3) is 0 Å². The number of nitro groups is 1. The zero-order valence-corrected chi connectivity index (χ0v) is 10.2. The predicted octanol–water partition coefficient (Wildman–Crippen LogP) is 0.891. The third-order valence-corrected chi connectivity index (χ3v) is 1.96. The highest BCUT2D eigenvalue weighted by molar-refractivity contribution is 5.96. The van der Waals surface area contributed by atoms with Crippen molar-refractivity contribution in [1.82, 2.24) is 4.98 Å². The van der Waals surface area contributed by atoms with E-state index in [1.807, 2.05) is 0 Å². The quantitative estimate of drug-likeness (QED) is 0.312.